The number of carbonyl (C=O) groups is 3. The van der Waals surface area contributed by atoms with Crippen LogP contribution < -0.4 is 9.47 Å². The fourth-order valence-electron chi connectivity index (χ4n) is 8.77. The molecule has 1 fully saturated rings. The third kappa shape index (κ3) is 26.9. The molecule has 0 unspecified atom stereocenters. The average Bonchev–Trinajstić information content (AvgIpc) is 3.28. The zero-order valence-corrected chi connectivity index (χ0v) is 41.5. The summed E-state index contributed by atoms with van der Waals surface area (Å²) >= 11 is 0. The van der Waals surface area contributed by atoms with Crippen LogP contribution in [0.25, 0.3) is 0 Å². The predicted molar refractivity (Wildman–Crippen MR) is 263 cm³/mol. The zero-order valence-electron chi connectivity index (χ0n) is 41.5. The van der Waals surface area contributed by atoms with Crippen LogP contribution in [-0.2, 0) is 9.59 Å². The lowest BCUT2D eigenvalue weighted by atomic mass is 10.0. The highest BCUT2D eigenvalue weighted by molar-refractivity contribution is 5.95. The summed E-state index contributed by atoms with van der Waals surface area (Å²) in [4.78, 5) is 42.5. The Bertz CT molecular complexity index is 1210. The van der Waals surface area contributed by atoms with Gasteiger partial charge in [-0.3, -0.25) is 14.4 Å². The van der Waals surface area contributed by atoms with Gasteiger partial charge in [0.1, 0.15) is 17.3 Å². The van der Waals surface area contributed by atoms with Gasteiger partial charge in [0.25, 0.3) is 5.91 Å². The van der Waals surface area contributed by atoms with Gasteiger partial charge in [-0.1, -0.05) is 220 Å². The number of hydrogen-bond donors (Lipinski definition) is 0. The summed E-state index contributed by atoms with van der Waals surface area (Å²) in [6, 6.07) is 3.81. The van der Waals surface area contributed by atoms with Crippen molar-refractivity contribution in [2.75, 3.05) is 39.4 Å². The van der Waals surface area contributed by atoms with Gasteiger partial charge in [-0.15, -0.1) is 0 Å². The van der Waals surface area contributed by atoms with Crippen LogP contribution in [0, 0.1) is 12.8 Å². The van der Waals surface area contributed by atoms with E-state index < -0.39 is 0 Å². The van der Waals surface area contributed by atoms with Crippen LogP contribution in [-0.4, -0.2) is 66.8 Å². The number of amides is 2. The quantitative estimate of drug-likeness (QED) is 0.0613. The van der Waals surface area contributed by atoms with Crippen LogP contribution in [0.1, 0.15) is 262 Å². The summed E-state index contributed by atoms with van der Waals surface area (Å²) in [5, 5.41) is 0. The molecule has 0 N–H and O–H groups in total. The number of hydrogen-bond acceptors (Lipinski definition) is 5. The summed E-state index contributed by atoms with van der Waals surface area (Å²) in [7, 11) is 0. The highest BCUT2D eigenvalue weighted by Gasteiger charge is 2.26. The maximum atomic E-state index is 13.9. The molecule has 1 heterocycles. The van der Waals surface area contributed by atoms with Gasteiger partial charge < -0.3 is 19.3 Å². The summed E-state index contributed by atoms with van der Waals surface area (Å²) in [5.74, 6) is 1.48. The van der Waals surface area contributed by atoms with Crippen LogP contribution in [0.3, 0.4) is 0 Å². The summed E-state index contributed by atoms with van der Waals surface area (Å²) in [6.07, 6.45) is 43.4. The fraction of sp³-hybridized carbons (Fsp3) is 0.836. The van der Waals surface area contributed by atoms with Crippen LogP contribution in [0.15, 0.2) is 12.1 Å². The normalized spacial score (nSPS) is 13.0. The third-order valence-corrected chi connectivity index (χ3v) is 13.2. The molecule has 0 aromatic heterocycles. The van der Waals surface area contributed by atoms with Crippen molar-refractivity contribution in [3.05, 3.63) is 23.3 Å². The molecule has 0 radical (unpaired) electrons. The van der Waals surface area contributed by atoms with Crippen LogP contribution in [0.5, 0.6) is 11.5 Å². The Labute approximate surface area is 383 Å². The van der Waals surface area contributed by atoms with E-state index in [4.69, 9.17) is 9.47 Å². The number of carbonyl (C=O) groups excluding carboxylic acids is 3. The van der Waals surface area contributed by atoms with E-state index in [2.05, 4.69) is 20.8 Å². The number of piperazine rings is 1. The van der Waals surface area contributed by atoms with Crippen molar-refractivity contribution >= 4 is 17.6 Å². The second-order valence-electron chi connectivity index (χ2n) is 19.2. The topological polar surface area (TPSA) is 76.2 Å². The molecule has 1 aliphatic heterocycles. The molecule has 0 atom stereocenters. The monoisotopic (exact) mass is 867 g/mol. The van der Waals surface area contributed by atoms with Crippen LogP contribution in [0.2, 0.25) is 0 Å². The largest absolute Gasteiger partial charge is 0.493 e. The zero-order chi connectivity index (χ0) is 44.9. The van der Waals surface area contributed by atoms with Gasteiger partial charge in [0, 0.05) is 56.1 Å². The van der Waals surface area contributed by atoms with Crippen molar-refractivity contribution in [1.82, 2.24) is 9.80 Å². The van der Waals surface area contributed by atoms with Crippen molar-refractivity contribution in [3.63, 3.8) is 0 Å². The van der Waals surface area contributed by atoms with Gasteiger partial charge in [-0.05, 0) is 31.9 Å². The first-order valence-electron chi connectivity index (χ1n) is 26.8. The Balaban J connectivity index is 1.77. The molecule has 0 spiro atoms. The third-order valence-electron chi connectivity index (χ3n) is 13.2. The lowest BCUT2D eigenvalue weighted by Crippen LogP contribution is -2.50. The smallest absolute Gasteiger partial charge is 0.254 e. The number of ketones is 1. The van der Waals surface area contributed by atoms with E-state index in [9.17, 15) is 14.4 Å². The molecule has 1 aromatic carbocycles. The summed E-state index contributed by atoms with van der Waals surface area (Å²) in [6.45, 7) is 13.6. The second kappa shape index (κ2) is 37.8. The molecule has 358 valence electrons. The Kier molecular flexibility index (Phi) is 33.8. The molecule has 2 amide bonds. The van der Waals surface area contributed by atoms with Gasteiger partial charge >= 0.3 is 0 Å². The first kappa shape index (κ1) is 55.6. The van der Waals surface area contributed by atoms with Crippen molar-refractivity contribution in [2.45, 2.75) is 253 Å². The minimum Gasteiger partial charge on any atom is -0.493 e. The molecule has 2 rings (SSSR count). The molecule has 0 saturated carbocycles. The van der Waals surface area contributed by atoms with Gasteiger partial charge in [0.2, 0.25) is 5.91 Å². The van der Waals surface area contributed by atoms with E-state index in [1.165, 1.54) is 180 Å². The molecule has 0 aliphatic carbocycles. The SMILES string of the molecule is CCCCCCCCCCCCCCCCCCOc1cc(C(=O)N2CCN(C(=O)CCC(=O)C(C)C)CC2)cc(OCCCCCCCCCCCCCCCCCC)c1C. The van der Waals surface area contributed by atoms with E-state index in [-0.39, 0.29) is 36.4 Å². The van der Waals surface area contributed by atoms with Crippen molar-refractivity contribution in [2.24, 2.45) is 5.92 Å². The number of rotatable bonds is 41. The standard InChI is InChI=1S/C55H98N2O5/c1-6-8-10-12-14-16-18-20-22-24-26-28-30-32-34-36-44-61-52-46-50(55(60)57-42-40-56(41-43-57)54(59)39-38-51(58)48(3)4)47-53(49(52)5)62-45-37-35-33-31-29-27-25-23-21-19-17-15-13-11-9-7-2/h46-48H,6-45H2,1-5H3. The molecular formula is C55H98N2O5. The maximum absolute atomic E-state index is 13.9. The number of Topliss-reactive ketones (excluding diaryl/α,β-unsaturated/α-hetero) is 1. The number of nitrogens with zero attached hydrogens (tertiary/aromatic N) is 2. The molecule has 0 bridgehead atoms. The number of ether oxygens (including phenoxy) is 2. The van der Waals surface area contributed by atoms with Crippen LogP contribution >= 0.6 is 0 Å². The first-order valence-corrected chi connectivity index (χ1v) is 26.8. The molecule has 1 aromatic rings. The Morgan fingerprint density at radius 1 is 0.468 bits per heavy atom. The first-order chi connectivity index (χ1) is 30.3. The summed E-state index contributed by atoms with van der Waals surface area (Å²) < 4.78 is 12.8. The lowest BCUT2D eigenvalue weighted by Gasteiger charge is -2.35. The van der Waals surface area contributed by atoms with E-state index in [0.717, 1.165) is 42.7 Å². The lowest BCUT2D eigenvalue weighted by molar-refractivity contribution is -0.135. The molecular weight excluding hydrogens is 769 g/mol. The molecule has 7 nitrogen and oxygen atoms in total. The van der Waals surface area contributed by atoms with Crippen molar-refractivity contribution in [1.29, 1.82) is 0 Å². The van der Waals surface area contributed by atoms with Gasteiger partial charge in [-0.2, -0.15) is 0 Å². The predicted octanol–water partition coefficient (Wildman–Crippen LogP) is 15.6. The van der Waals surface area contributed by atoms with Crippen LogP contribution in [0.4, 0.5) is 0 Å². The second-order valence-corrected chi connectivity index (χ2v) is 19.2. The van der Waals surface area contributed by atoms with E-state index in [1.54, 1.807) is 4.90 Å². The Morgan fingerprint density at radius 3 is 1.10 bits per heavy atom. The minimum absolute atomic E-state index is 0.00373. The highest BCUT2D eigenvalue weighted by Crippen LogP contribution is 2.32. The number of unbranched alkanes of at least 4 members (excludes halogenated alkanes) is 30. The number of benzene rings is 1. The summed E-state index contributed by atoms with van der Waals surface area (Å²) in [5.41, 5.74) is 1.54. The fourth-order valence-corrected chi connectivity index (χ4v) is 8.77. The van der Waals surface area contributed by atoms with Crippen molar-refractivity contribution in [3.8, 4) is 11.5 Å². The van der Waals surface area contributed by atoms with E-state index >= 15 is 0 Å². The van der Waals surface area contributed by atoms with Gasteiger partial charge in [0.15, 0.2) is 0 Å². The van der Waals surface area contributed by atoms with Crippen molar-refractivity contribution < 1.29 is 23.9 Å². The Morgan fingerprint density at radius 2 is 0.774 bits per heavy atom. The average molecular weight is 867 g/mol. The van der Waals surface area contributed by atoms with E-state index in [1.807, 2.05) is 30.9 Å². The molecule has 1 saturated heterocycles. The molecule has 7 heteroatoms. The highest BCUT2D eigenvalue weighted by atomic mass is 16.5. The minimum atomic E-state index is -0.0580. The van der Waals surface area contributed by atoms with Gasteiger partial charge in [-0.25, -0.2) is 0 Å². The maximum Gasteiger partial charge on any atom is 0.254 e. The van der Waals surface area contributed by atoms with Gasteiger partial charge in [0.05, 0.1) is 13.2 Å². The van der Waals surface area contributed by atoms with E-state index in [0.29, 0.717) is 45.0 Å². The Hall–Kier alpha value is -2.57. The molecule has 1 aliphatic rings. The molecule has 62 heavy (non-hydrogen) atoms.